The minimum atomic E-state index is -0.0643. The van der Waals surface area contributed by atoms with E-state index in [9.17, 15) is 9.59 Å². The molecule has 1 fully saturated rings. The molecule has 2 unspecified atom stereocenters. The zero-order valence-electron chi connectivity index (χ0n) is 12.3. The Labute approximate surface area is 115 Å². The molecule has 1 rings (SSSR count). The van der Waals surface area contributed by atoms with Gasteiger partial charge in [0.1, 0.15) is 0 Å². The van der Waals surface area contributed by atoms with Crippen LogP contribution in [-0.2, 0) is 4.79 Å². The van der Waals surface area contributed by atoms with Gasteiger partial charge in [0.05, 0.1) is 6.04 Å². The summed E-state index contributed by atoms with van der Waals surface area (Å²) in [6.07, 6.45) is 4.60. The van der Waals surface area contributed by atoms with Gasteiger partial charge in [-0.25, -0.2) is 4.79 Å². The van der Waals surface area contributed by atoms with Crippen LogP contribution in [0.5, 0.6) is 0 Å². The number of unbranched alkanes of at least 4 members (excludes halogenated alkanes) is 2. The average Bonchev–Trinajstić information content (AvgIpc) is 2.65. The van der Waals surface area contributed by atoms with Gasteiger partial charge in [0.25, 0.3) is 0 Å². The molecule has 1 heterocycles. The average molecular weight is 269 g/mol. The zero-order valence-corrected chi connectivity index (χ0v) is 12.3. The molecule has 1 saturated heterocycles. The highest BCUT2D eigenvalue weighted by Gasteiger charge is 2.26. The second-order valence-electron chi connectivity index (χ2n) is 5.81. The predicted molar refractivity (Wildman–Crippen MR) is 75.9 cm³/mol. The van der Waals surface area contributed by atoms with Crippen molar-refractivity contribution in [2.45, 2.75) is 65.0 Å². The van der Waals surface area contributed by atoms with Crippen molar-refractivity contribution in [3.05, 3.63) is 0 Å². The smallest absolute Gasteiger partial charge is 0.315 e. The van der Waals surface area contributed by atoms with E-state index in [1.54, 1.807) is 0 Å². The van der Waals surface area contributed by atoms with Crippen LogP contribution in [0.15, 0.2) is 0 Å². The predicted octanol–water partition coefficient (Wildman–Crippen LogP) is 1.78. The first kappa shape index (κ1) is 15.8. The standard InChI is InChI=1S/C14H27N3O2/c1-10(2)9-15-13(18)8-6-4-5-7-12-11(3)16-14(19)17-12/h10-12H,4-9H2,1-3H3,(H,15,18)(H2,16,17,19). The molecule has 3 N–H and O–H groups in total. The van der Waals surface area contributed by atoms with Crippen LogP contribution in [0.1, 0.15) is 52.9 Å². The van der Waals surface area contributed by atoms with Gasteiger partial charge in [-0.15, -0.1) is 0 Å². The Morgan fingerprint density at radius 1 is 1.26 bits per heavy atom. The summed E-state index contributed by atoms with van der Waals surface area (Å²) in [4.78, 5) is 22.6. The lowest BCUT2D eigenvalue weighted by Crippen LogP contribution is -2.30. The highest BCUT2D eigenvalue weighted by molar-refractivity contribution is 5.77. The van der Waals surface area contributed by atoms with Gasteiger partial charge in [-0.2, -0.15) is 0 Å². The summed E-state index contributed by atoms with van der Waals surface area (Å²) in [6.45, 7) is 6.95. The Morgan fingerprint density at radius 2 is 2.00 bits per heavy atom. The molecule has 0 bridgehead atoms. The highest BCUT2D eigenvalue weighted by Crippen LogP contribution is 2.11. The maximum absolute atomic E-state index is 11.5. The highest BCUT2D eigenvalue weighted by atomic mass is 16.2. The molecule has 1 aliphatic rings. The first-order valence-electron chi connectivity index (χ1n) is 7.32. The van der Waals surface area contributed by atoms with Gasteiger partial charge < -0.3 is 16.0 Å². The molecule has 0 radical (unpaired) electrons. The SMILES string of the molecule is CC(C)CNC(=O)CCCCCC1NC(=O)NC1C. The van der Waals surface area contributed by atoms with Crippen molar-refractivity contribution in [3.63, 3.8) is 0 Å². The molecule has 0 saturated carbocycles. The molecule has 0 aromatic rings. The minimum absolute atomic E-state index is 0.0643. The van der Waals surface area contributed by atoms with Crippen molar-refractivity contribution in [2.24, 2.45) is 5.92 Å². The molecule has 0 aliphatic carbocycles. The molecule has 3 amide bonds. The number of hydrogen-bond acceptors (Lipinski definition) is 2. The van der Waals surface area contributed by atoms with Gasteiger partial charge in [0, 0.05) is 19.0 Å². The summed E-state index contributed by atoms with van der Waals surface area (Å²) in [5, 5.41) is 8.67. The summed E-state index contributed by atoms with van der Waals surface area (Å²) in [7, 11) is 0. The van der Waals surface area contributed by atoms with Crippen LogP contribution in [0.3, 0.4) is 0 Å². The number of carbonyl (C=O) groups excluding carboxylic acids is 2. The van der Waals surface area contributed by atoms with Crippen molar-refractivity contribution in [3.8, 4) is 0 Å². The molecule has 0 aromatic heterocycles. The molecular weight excluding hydrogens is 242 g/mol. The van der Waals surface area contributed by atoms with Gasteiger partial charge in [-0.1, -0.05) is 26.7 Å². The third kappa shape index (κ3) is 6.45. The number of urea groups is 1. The van der Waals surface area contributed by atoms with E-state index in [-0.39, 0.29) is 24.0 Å². The van der Waals surface area contributed by atoms with E-state index in [0.29, 0.717) is 12.3 Å². The molecule has 1 aliphatic heterocycles. The first-order chi connectivity index (χ1) is 8.99. The molecule has 0 spiro atoms. The lowest BCUT2D eigenvalue weighted by Gasteiger charge is -2.13. The maximum atomic E-state index is 11.5. The number of hydrogen-bond donors (Lipinski definition) is 3. The minimum Gasteiger partial charge on any atom is -0.356 e. The Hall–Kier alpha value is -1.26. The normalized spacial score (nSPS) is 22.2. The topological polar surface area (TPSA) is 70.2 Å². The fourth-order valence-electron chi connectivity index (χ4n) is 2.20. The summed E-state index contributed by atoms with van der Waals surface area (Å²) >= 11 is 0. The lowest BCUT2D eigenvalue weighted by molar-refractivity contribution is -0.121. The Bertz CT molecular complexity index is 305. The van der Waals surface area contributed by atoms with Crippen molar-refractivity contribution < 1.29 is 9.59 Å². The Kier molecular flexibility index (Phi) is 6.67. The molecular formula is C14H27N3O2. The number of amides is 3. The van der Waals surface area contributed by atoms with Crippen LogP contribution in [0.2, 0.25) is 0 Å². The van der Waals surface area contributed by atoms with Crippen LogP contribution in [0.4, 0.5) is 4.79 Å². The van der Waals surface area contributed by atoms with E-state index in [1.807, 2.05) is 6.92 Å². The molecule has 19 heavy (non-hydrogen) atoms. The zero-order chi connectivity index (χ0) is 14.3. The van der Waals surface area contributed by atoms with Crippen LogP contribution >= 0.6 is 0 Å². The summed E-state index contributed by atoms with van der Waals surface area (Å²) < 4.78 is 0. The van der Waals surface area contributed by atoms with Gasteiger partial charge >= 0.3 is 6.03 Å². The van der Waals surface area contributed by atoms with Crippen molar-refractivity contribution in [2.75, 3.05) is 6.54 Å². The van der Waals surface area contributed by atoms with E-state index in [2.05, 4.69) is 29.8 Å². The Morgan fingerprint density at radius 3 is 2.58 bits per heavy atom. The summed E-state index contributed by atoms with van der Waals surface area (Å²) in [5.41, 5.74) is 0. The lowest BCUT2D eigenvalue weighted by atomic mass is 10.0. The van der Waals surface area contributed by atoms with E-state index in [1.165, 1.54) is 0 Å². The van der Waals surface area contributed by atoms with Crippen molar-refractivity contribution in [1.29, 1.82) is 0 Å². The van der Waals surface area contributed by atoms with Crippen molar-refractivity contribution in [1.82, 2.24) is 16.0 Å². The third-order valence-electron chi connectivity index (χ3n) is 3.41. The maximum Gasteiger partial charge on any atom is 0.315 e. The van der Waals surface area contributed by atoms with E-state index in [0.717, 1.165) is 32.2 Å². The van der Waals surface area contributed by atoms with Gasteiger partial charge in [0.2, 0.25) is 5.91 Å². The molecule has 110 valence electrons. The third-order valence-corrected chi connectivity index (χ3v) is 3.41. The molecule has 0 aromatic carbocycles. The fraction of sp³-hybridized carbons (Fsp3) is 0.857. The fourth-order valence-corrected chi connectivity index (χ4v) is 2.20. The number of rotatable bonds is 8. The van der Waals surface area contributed by atoms with E-state index < -0.39 is 0 Å². The molecule has 5 nitrogen and oxygen atoms in total. The van der Waals surface area contributed by atoms with Crippen LogP contribution in [0, 0.1) is 5.92 Å². The summed E-state index contributed by atoms with van der Waals surface area (Å²) in [6, 6.07) is 0.384. The first-order valence-corrected chi connectivity index (χ1v) is 7.32. The van der Waals surface area contributed by atoms with E-state index >= 15 is 0 Å². The van der Waals surface area contributed by atoms with Gasteiger partial charge in [-0.3, -0.25) is 4.79 Å². The van der Waals surface area contributed by atoms with E-state index in [4.69, 9.17) is 0 Å². The molecule has 5 heteroatoms. The van der Waals surface area contributed by atoms with Gasteiger partial charge in [0.15, 0.2) is 0 Å². The second kappa shape index (κ2) is 8.02. The Balaban J connectivity index is 1.99. The largest absolute Gasteiger partial charge is 0.356 e. The molecule has 2 atom stereocenters. The van der Waals surface area contributed by atoms with Crippen LogP contribution in [-0.4, -0.2) is 30.6 Å². The van der Waals surface area contributed by atoms with Crippen LogP contribution in [0.25, 0.3) is 0 Å². The summed E-state index contributed by atoms with van der Waals surface area (Å²) in [5.74, 6) is 0.654. The van der Waals surface area contributed by atoms with Gasteiger partial charge in [-0.05, 0) is 25.7 Å². The number of carbonyl (C=O) groups is 2. The quantitative estimate of drug-likeness (QED) is 0.588. The van der Waals surface area contributed by atoms with Crippen LogP contribution < -0.4 is 16.0 Å². The number of nitrogens with one attached hydrogen (secondary N) is 3. The monoisotopic (exact) mass is 269 g/mol. The van der Waals surface area contributed by atoms with Crippen molar-refractivity contribution >= 4 is 11.9 Å². The second-order valence-corrected chi connectivity index (χ2v) is 5.81.